The van der Waals surface area contributed by atoms with Gasteiger partial charge in [-0.05, 0) is 105 Å². The van der Waals surface area contributed by atoms with E-state index < -0.39 is 0 Å². The van der Waals surface area contributed by atoms with Crippen LogP contribution in [0, 0.1) is 29.6 Å². The van der Waals surface area contributed by atoms with Gasteiger partial charge in [0.2, 0.25) is 0 Å². The molecule has 4 atom stereocenters. The number of methoxy groups -OCH3 is 1. The van der Waals surface area contributed by atoms with Crippen molar-refractivity contribution in [3.8, 4) is 5.75 Å². The Kier molecular flexibility index (Phi) is 8.79. The molecular weight excluding hydrogens is 376 g/mol. The Hall–Kier alpha value is -0.980. The van der Waals surface area contributed by atoms with E-state index in [0.29, 0.717) is 0 Å². The van der Waals surface area contributed by atoms with E-state index in [2.05, 4.69) is 31.2 Å². The van der Waals surface area contributed by atoms with Crippen molar-refractivity contribution in [2.24, 2.45) is 29.6 Å². The summed E-state index contributed by atoms with van der Waals surface area (Å²) < 4.78 is 5.35. The van der Waals surface area contributed by atoms with Crippen LogP contribution in [-0.2, 0) is 0 Å². The Morgan fingerprint density at radius 1 is 0.677 bits per heavy atom. The van der Waals surface area contributed by atoms with Gasteiger partial charge in [0, 0.05) is 0 Å². The summed E-state index contributed by atoms with van der Waals surface area (Å²) >= 11 is 0. The SMILES string of the molecule is CCCCCCCC1CCC(C2CCC3CC(c4ccc(OC)cc4)CCC3C2)CC1. The molecule has 0 aliphatic heterocycles. The highest BCUT2D eigenvalue weighted by molar-refractivity contribution is 5.29. The van der Waals surface area contributed by atoms with Crippen molar-refractivity contribution in [3.05, 3.63) is 29.8 Å². The van der Waals surface area contributed by atoms with Crippen LogP contribution >= 0.6 is 0 Å². The lowest BCUT2D eigenvalue weighted by Crippen LogP contribution is -2.34. The number of benzene rings is 1. The second kappa shape index (κ2) is 11.8. The molecule has 3 fully saturated rings. The third-order valence-corrected chi connectivity index (χ3v) is 9.51. The average Bonchev–Trinajstić information content (AvgIpc) is 2.84. The molecule has 0 N–H and O–H groups in total. The first kappa shape index (κ1) is 23.2. The van der Waals surface area contributed by atoms with Crippen molar-refractivity contribution in [2.75, 3.05) is 7.11 Å². The van der Waals surface area contributed by atoms with E-state index in [1.54, 1.807) is 44.8 Å². The van der Waals surface area contributed by atoms with E-state index >= 15 is 0 Å². The van der Waals surface area contributed by atoms with E-state index in [0.717, 1.165) is 41.3 Å². The number of fused-ring (bicyclic) bond motifs is 1. The largest absolute Gasteiger partial charge is 0.497 e. The predicted octanol–water partition coefficient (Wildman–Crippen LogP) is 9.16. The standard InChI is InChI=1S/C30H48O/c1-3-4-5-6-7-8-23-9-11-24(12-10-23)26-13-15-29-22-27(14-16-28(29)21-26)25-17-19-30(31-2)20-18-25/h17-20,23-24,26-29H,3-16,21-22H2,1-2H3. The lowest BCUT2D eigenvalue weighted by atomic mass is 9.60. The number of hydrogen-bond acceptors (Lipinski definition) is 1. The fourth-order valence-electron chi connectivity index (χ4n) is 7.52. The van der Waals surface area contributed by atoms with Crippen molar-refractivity contribution in [3.63, 3.8) is 0 Å². The van der Waals surface area contributed by atoms with Crippen LogP contribution in [0.2, 0.25) is 0 Å². The number of rotatable bonds is 9. The Bertz CT molecular complexity index is 626. The van der Waals surface area contributed by atoms with E-state index in [1.165, 1.54) is 70.6 Å². The molecule has 3 aliphatic rings. The van der Waals surface area contributed by atoms with Gasteiger partial charge in [-0.3, -0.25) is 0 Å². The highest BCUT2D eigenvalue weighted by atomic mass is 16.5. The van der Waals surface area contributed by atoms with Gasteiger partial charge in [0.1, 0.15) is 5.75 Å². The van der Waals surface area contributed by atoms with Crippen molar-refractivity contribution in [2.45, 2.75) is 116 Å². The zero-order chi connectivity index (χ0) is 21.5. The minimum atomic E-state index is 0.788. The maximum absolute atomic E-state index is 5.35. The highest BCUT2D eigenvalue weighted by Crippen LogP contribution is 2.51. The summed E-state index contributed by atoms with van der Waals surface area (Å²) in [6, 6.07) is 8.94. The third-order valence-electron chi connectivity index (χ3n) is 9.51. The van der Waals surface area contributed by atoms with Crippen LogP contribution in [0.5, 0.6) is 5.75 Å². The fourth-order valence-corrected chi connectivity index (χ4v) is 7.52. The molecule has 0 saturated heterocycles. The molecule has 1 nitrogen and oxygen atoms in total. The molecule has 3 saturated carbocycles. The first-order valence-electron chi connectivity index (χ1n) is 13.9. The van der Waals surface area contributed by atoms with Gasteiger partial charge in [-0.15, -0.1) is 0 Å². The smallest absolute Gasteiger partial charge is 0.118 e. The van der Waals surface area contributed by atoms with E-state index in [4.69, 9.17) is 4.74 Å². The second-order valence-corrected chi connectivity index (χ2v) is 11.4. The summed E-state index contributed by atoms with van der Waals surface area (Å²) in [7, 11) is 1.76. The van der Waals surface area contributed by atoms with Crippen molar-refractivity contribution in [1.82, 2.24) is 0 Å². The number of hydrogen-bond donors (Lipinski definition) is 0. The second-order valence-electron chi connectivity index (χ2n) is 11.4. The monoisotopic (exact) mass is 424 g/mol. The summed E-state index contributed by atoms with van der Waals surface area (Å²) in [5.74, 6) is 7.00. The molecule has 174 valence electrons. The highest BCUT2D eigenvalue weighted by Gasteiger charge is 2.39. The molecule has 1 aromatic carbocycles. The molecule has 0 radical (unpaired) electrons. The molecular formula is C30H48O. The Labute approximate surface area is 192 Å². The zero-order valence-electron chi connectivity index (χ0n) is 20.5. The van der Waals surface area contributed by atoms with Gasteiger partial charge in [0.25, 0.3) is 0 Å². The van der Waals surface area contributed by atoms with Gasteiger partial charge in [0.15, 0.2) is 0 Å². The van der Waals surface area contributed by atoms with E-state index in [-0.39, 0.29) is 0 Å². The summed E-state index contributed by atoms with van der Waals surface area (Å²) in [6.45, 7) is 2.32. The molecule has 31 heavy (non-hydrogen) atoms. The molecule has 0 aromatic heterocycles. The lowest BCUT2D eigenvalue weighted by Gasteiger charge is -2.45. The van der Waals surface area contributed by atoms with Gasteiger partial charge < -0.3 is 4.74 Å². The summed E-state index contributed by atoms with van der Waals surface area (Å²) in [5.41, 5.74) is 1.55. The third kappa shape index (κ3) is 6.29. The van der Waals surface area contributed by atoms with Gasteiger partial charge in [0.05, 0.1) is 7.11 Å². The summed E-state index contributed by atoms with van der Waals surface area (Å²) in [6.07, 6.45) is 23.9. The van der Waals surface area contributed by atoms with Crippen molar-refractivity contribution in [1.29, 1.82) is 0 Å². The minimum absolute atomic E-state index is 0.788. The first-order chi connectivity index (χ1) is 15.3. The minimum Gasteiger partial charge on any atom is -0.497 e. The van der Waals surface area contributed by atoms with Crippen molar-refractivity contribution < 1.29 is 4.74 Å². The van der Waals surface area contributed by atoms with Gasteiger partial charge in [-0.1, -0.05) is 70.4 Å². The Morgan fingerprint density at radius 2 is 1.29 bits per heavy atom. The average molecular weight is 425 g/mol. The topological polar surface area (TPSA) is 9.23 Å². The Balaban J connectivity index is 1.18. The molecule has 0 spiro atoms. The lowest BCUT2D eigenvalue weighted by molar-refractivity contribution is 0.0710. The van der Waals surface area contributed by atoms with Crippen LogP contribution < -0.4 is 4.74 Å². The van der Waals surface area contributed by atoms with Crippen LogP contribution in [0.3, 0.4) is 0 Å². The Morgan fingerprint density at radius 3 is 2.00 bits per heavy atom. The summed E-state index contributed by atoms with van der Waals surface area (Å²) in [5, 5.41) is 0. The maximum atomic E-state index is 5.35. The van der Waals surface area contributed by atoms with E-state index in [1.807, 2.05) is 0 Å². The molecule has 0 bridgehead atoms. The zero-order valence-corrected chi connectivity index (χ0v) is 20.5. The van der Waals surface area contributed by atoms with Crippen molar-refractivity contribution >= 4 is 0 Å². The van der Waals surface area contributed by atoms with Crippen LogP contribution in [0.4, 0.5) is 0 Å². The molecule has 1 heteroatoms. The molecule has 0 amide bonds. The molecule has 4 unspecified atom stereocenters. The van der Waals surface area contributed by atoms with Crippen LogP contribution in [0.25, 0.3) is 0 Å². The maximum Gasteiger partial charge on any atom is 0.118 e. The van der Waals surface area contributed by atoms with Crippen LogP contribution in [0.1, 0.15) is 121 Å². The van der Waals surface area contributed by atoms with Crippen LogP contribution in [0.15, 0.2) is 24.3 Å². The number of ether oxygens (including phenoxy) is 1. The molecule has 3 aliphatic carbocycles. The normalized spacial score (nSPS) is 33.6. The van der Waals surface area contributed by atoms with Crippen LogP contribution in [-0.4, -0.2) is 7.11 Å². The quantitative estimate of drug-likeness (QED) is 0.359. The molecule has 0 heterocycles. The fraction of sp³-hybridized carbons (Fsp3) is 0.800. The molecule has 4 rings (SSSR count). The first-order valence-corrected chi connectivity index (χ1v) is 13.9. The van der Waals surface area contributed by atoms with E-state index in [9.17, 15) is 0 Å². The number of unbranched alkanes of at least 4 members (excludes halogenated alkanes) is 4. The molecule has 1 aromatic rings. The van der Waals surface area contributed by atoms with Gasteiger partial charge >= 0.3 is 0 Å². The van der Waals surface area contributed by atoms with Gasteiger partial charge in [-0.2, -0.15) is 0 Å². The summed E-state index contributed by atoms with van der Waals surface area (Å²) in [4.78, 5) is 0. The van der Waals surface area contributed by atoms with Gasteiger partial charge in [-0.25, -0.2) is 0 Å². The predicted molar refractivity (Wildman–Crippen MR) is 133 cm³/mol.